The van der Waals surface area contributed by atoms with Gasteiger partial charge in [0.05, 0.1) is 0 Å². The summed E-state index contributed by atoms with van der Waals surface area (Å²) in [5, 5.41) is 0. The number of hydrogen-bond acceptors (Lipinski definition) is 2. The molecule has 3 heteroatoms. The van der Waals surface area contributed by atoms with Crippen molar-refractivity contribution in [3.8, 4) is 5.75 Å². The van der Waals surface area contributed by atoms with E-state index in [0.29, 0.717) is 24.8 Å². The Morgan fingerprint density at radius 3 is 2.45 bits per heavy atom. The molecule has 0 bridgehead atoms. The molecule has 2 aromatic carbocycles. The first-order chi connectivity index (χ1) is 9.60. The van der Waals surface area contributed by atoms with Crippen molar-refractivity contribution in [2.24, 2.45) is 5.73 Å². The van der Waals surface area contributed by atoms with Gasteiger partial charge in [0.1, 0.15) is 18.2 Å². The molecule has 2 N–H and O–H groups in total. The van der Waals surface area contributed by atoms with Gasteiger partial charge in [0.25, 0.3) is 0 Å². The molecule has 2 rings (SSSR count). The molecular weight excluding hydrogens is 253 g/mol. The number of benzene rings is 2. The molecule has 0 aromatic heterocycles. The highest BCUT2D eigenvalue weighted by atomic mass is 19.1. The van der Waals surface area contributed by atoms with Crippen LogP contribution in [0.25, 0.3) is 0 Å². The Balaban J connectivity index is 2.00. The molecule has 1 atom stereocenters. The SMILES string of the molecule is Cc1cc(F)ccc1OCc1ccc(C(C)CN)cc1. The minimum Gasteiger partial charge on any atom is -0.489 e. The highest BCUT2D eigenvalue weighted by Crippen LogP contribution is 2.20. The normalized spacial score (nSPS) is 12.2. The second-order valence-corrected chi connectivity index (χ2v) is 5.08. The second kappa shape index (κ2) is 6.53. The van der Waals surface area contributed by atoms with Crippen LogP contribution >= 0.6 is 0 Å². The zero-order valence-corrected chi connectivity index (χ0v) is 11.9. The van der Waals surface area contributed by atoms with Crippen LogP contribution in [0, 0.1) is 12.7 Å². The summed E-state index contributed by atoms with van der Waals surface area (Å²) in [7, 11) is 0. The molecule has 0 heterocycles. The Hall–Kier alpha value is -1.87. The number of rotatable bonds is 5. The molecule has 0 saturated heterocycles. The summed E-state index contributed by atoms with van der Waals surface area (Å²) < 4.78 is 18.7. The lowest BCUT2D eigenvalue weighted by Gasteiger charge is -2.11. The number of nitrogens with two attached hydrogens (primary N) is 1. The van der Waals surface area contributed by atoms with Crippen LogP contribution in [0.5, 0.6) is 5.75 Å². The monoisotopic (exact) mass is 273 g/mol. The average molecular weight is 273 g/mol. The van der Waals surface area contributed by atoms with E-state index in [1.165, 1.54) is 17.7 Å². The van der Waals surface area contributed by atoms with Crippen LogP contribution in [0.2, 0.25) is 0 Å². The maximum Gasteiger partial charge on any atom is 0.123 e. The highest BCUT2D eigenvalue weighted by molar-refractivity contribution is 5.33. The van der Waals surface area contributed by atoms with Crippen molar-refractivity contribution < 1.29 is 9.13 Å². The van der Waals surface area contributed by atoms with E-state index in [2.05, 4.69) is 19.1 Å². The van der Waals surface area contributed by atoms with E-state index in [0.717, 1.165) is 11.1 Å². The molecule has 106 valence electrons. The summed E-state index contributed by atoms with van der Waals surface area (Å²) in [5.41, 5.74) is 8.77. The Morgan fingerprint density at radius 1 is 1.15 bits per heavy atom. The van der Waals surface area contributed by atoms with Crippen molar-refractivity contribution in [2.45, 2.75) is 26.4 Å². The molecule has 20 heavy (non-hydrogen) atoms. The fourth-order valence-corrected chi connectivity index (χ4v) is 2.01. The molecule has 1 unspecified atom stereocenters. The van der Waals surface area contributed by atoms with Crippen LogP contribution in [0.4, 0.5) is 4.39 Å². The van der Waals surface area contributed by atoms with Crippen molar-refractivity contribution in [2.75, 3.05) is 6.54 Å². The third-order valence-electron chi connectivity index (χ3n) is 3.43. The van der Waals surface area contributed by atoms with Gasteiger partial charge in [-0.3, -0.25) is 0 Å². The minimum atomic E-state index is -0.241. The van der Waals surface area contributed by atoms with Gasteiger partial charge < -0.3 is 10.5 Å². The fraction of sp³-hybridized carbons (Fsp3) is 0.294. The lowest BCUT2D eigenvalue weighted by atomic mass is 10.0. The quantitative estimate of drug-likeness (QED) is 0.900. The first-order valence-electron chi connectivity index (χ1n) is 6.78. The van der Waals surface area contributed by atoms with Crippen molar-refractivity contribution in [1.29, 1.82) is 0 Å². The molecule has 0 saturated carbocycles. The summed E-state index contributed by atoms with van der Waals surface area (Å²) in [6, 6.07) is 12.8. The molecule has 0 aliphatic carbocycles. The van der Waals surface area contributed by atoms with Crippen LogP contribution in [-0.2, 0) is 6.61 Å². The van der Waals surface area contributed by atoms with Crippen molar-refractivity contribution in [3.05, 3.63) is 65.0 Å². The van der Waals surface area contributed by atoms with Crippen molar-refractivity contribution >= 4 is 0 Å². The van der Waals surface area contributed by atoms with Gasteiger partial charge in [-0.15, -0.1) is 0 Å². The topological polar surface area (TPSA) is 35.2 Å². The first-order valence-corrected chi connectivity index (χ1v) is 6.78. The van der Waals surface area contributed by atoms with Gasteiger partial charge in [-0.2, -0.15) is 0 Å². The smallest absolute Gasteiger partial charge is 0.123 e. The van der Waals surface area contributed by atoms with Gasteiger partial charge >= 0.3 is 0 Å². The third-order valence-corrected chi connectivity index (χ3v) is 3.43. The maximum atomic E-state index is 13.0. The van der Waals surface area contributed by atoms with Gasteiger partial charge in [0.2, 0.25) is 0 Å². The van der Waals surface area contributed by atoms with E-state index in [4.69, 9.17) is 10.5 Å². The van der Waals surface area contributed by atoms with E-state index < -0.39 is 0 Å². The predicted octanol–water partition coefficient (Wildman–Crippen LogP) is 3.78. The van der Waals surface area contributed by atoms with E-state index >= 15 is 0 Å². The van der Waals surface area contributed by atoms with E-state index in [1.54, 1.807) is 6.07 Å². The molecule has 0 fully saturated rings. The number of halogens is 1. The molecule has 0 radical (unpaired) electrons. The summed E-state index contributed by atoms with van der Waals surface area (Å²) in [6.45, 7) is 5.06. The zero-order chi connectivity index (χ0) is 14.5. The maximum absolute atomic E-state index is 13.0. The number of aryl methyl sites for hydroxylation is 1. The number of hydrogen-bond donors (Lipinski definition) is 1. The molecule has 2 nitrogen and oxygen atoms in total. The molecule has 0 amide bonds. The second-order valence-electron chi connectivity index (χ2n) is 5.08. The van der Waals surface area contributed by atoms with Crippen LogP contribution in [0.15, 0.2) is 42.5 Å². The highest BCUT2D eigenvalue weighted by Gasteiger charge is 2.04. The van der Waals surface area contributed by atoms with Crippen molar-refractivity contribution in [1.82, 2.24) is 0 Å². The van der Waals surface area contributed by atoms with Gasteiger partial charge in [0, 0.05) is 0 Å². The van der Waals surface area contributed by atoms with Crippen LogP contribution in [-0.4, -0.2) is 6.54 Å². The molecule has 0 aliphatic rings. The van der Waals surface area contributed by atoms with Crippen molar-refractivity contribution in [3.63, 3.8) is 0 Å². The fourth-order valence-electron chi connectivity index (χ4n) is 2.01. The summed E-state index contributed by atoms with van der Waals surface area (Å²) in [5.74, 6) is 0.838. The Kier molecular flexibility index (Phi) is 4.74. The lowest BCUT2D eigenvalue weighted by molar-refractivity contribution is 0.303. The summed E-state index contributed by atoms with van der Waals surface area (Å²) in [6.07, 6.45) is 0. The minimum absolute atomic E-state index is 0.241. The predicted molar refractivity (Wildman–Crippen MR) is 79.4 cm³/mol. The largest absolute Gasteiger partial charge is 0.489 e. The molecule has 0 aliphatic heterocycles. The number of ether oxygens (including phenoxy) is 1. The Labute approximate surface area is 119 Å². The van der Waals surface area contributed by atoms with E-state index in [1.807, 2.05) is 19.1 Å². The van der Waals surface area contributed by atoms with Gasteiger partial charge in [-0.1, -0.05) is 31.2 Å². The van der Waals surface area contributed by atoms with Crippen LogP contribution < -0.4 is 10.5 Å². The third kappa shape index (κ3) is 3.58. The van der Waals surface area contributed by atoms with Gasteiger partial charge in [-0.05, 0) is 54.3 Å². The molecular formula is C17H20FNO. The lowest BCUT2D eigenvalue weighted by Crippen LogP contribution is -2.08. The zero-order valence-electron chi connectivity index (χ0n) is 11.9. The average Bonchev–Trinajstić information content (AvgIpc) is 2.46. The van der Waals surface area contributed by atoms with E-state index in [9.17, 15) is 4.39 Å². The van der Waals surface area contributed by atoms with Gasteiger partial charge in [-0.25, -0.2) is 4.39 Å². The van der Waals surface area contributed by atoms with Gasteiger partial charge in [0.15, 0.2) is 0 Å². The standard InChI is InChI=1S/C17H20FNO/c1-12-9-16(18)7-8-17(12)20-11-14-3-5-15(6-4-14)13(2)10-19/h3-9,13H,10-11,19H2,1-2H3. The molecule has 0 spiro atoms. The Morgan fingerprint density at radius 2 is 1.85 bits per heavy atom. The first kappa shape index (κ1) is 14.5. The van der Waals surface area contributed by atoms with Crippen LogP contribution in [0.1, 0.15) is 29.5 Å². The summed E-state index contributed by atoms with van der Waals surface area (Å²) >= 11 is 0. The Bertz CT molecular complexity index is 566. The van der Waals surface area contributed by atoms with Crippen LogP contribution in [0.3, 0.4) is 0 Å². The van der Waals surface area contributed by atoms with E-state index in [-0.39, 0.29) is 5.82 Å². The molecule has 2 aromatic rings. The summed E-state index contributed by atoms with van der Waals surface area (Å²) in [4.78, 5) is 0.